The molecule has 0 bridgehead atoms. The molecule has 1 heterocycles. The van der Waals surface area contributed by atoms with Crippen molar-refractivity contribution in [3.63, 3.8) is 0 Å². The van der Waals surface area contributed by atoms with Gasteiger partial charge in [-0.25, -0.2) is 0 Å². The van der Waals surface area contributed by atoms with E-state index in [-0.39, 0.29) is 5.04 Å². The van der Waals surface area contributed by atoms with Crippen LogP contribution in [0.15, 0.2) is 36.1 Å². The molecule has 0 aromatic heterocycles. The molecule has 0 spiro atoms. The Morgan fingerprint density at radius 1 is 1.20 bits per heavy atom. The van der Waals surface area contributed by atoms with Gasteiger partial charge in [0.15, 0.2) is 19.8 Å². The van der Waals surface area contributed by atoms with Gasteiger partial charge in [-0.1, -0.05) is 32.9 Å². The second kappa shape index (κ2) is 5.62. The maximum absolute atomic E-state index is 6.11. The van der Waals surface area contributed by atoms with Crippen LogP contribution in [0, 0.1) is 0 Å². The Morgan fingerprint density at radius 3 is 2.50 bits per heavy atom. The Hall–Kier alpha value is -1.26. The highest BCUT2D eigenvalue weighted by Gasteiger charge is 2.36. The van der Waals surface area contributed by atoms with Gasteiger partial charge in [-0.2, -0.15) is 0 Å². The van der Waals surface area contributed by atoms with E-state index in [1.165, 1.54) is 0 Å². The first-order valence-corrected chi connectivity index (χ1v) is 9.93. The van der Waals surface area contributed by atoms with Gasteiger partial charge in [-0.15, -0.1) is 0 Å². The van der Waals surface area contributed by atoms with Crippen LogP contribution in [0.25, 0.3) is 0 Å². The molecule has 0 unspecified atom stereocenters. The highest BCUT2D eigenvalue weighted by molar-refractivity contribution is 6.74. The number of ether oxygens (including phenoxy) is 2. The first-order valence-electron chi connectivity index (χ1n) is 7.02. The molecule has 0 saturated heterocycles. The molecule has 0 saturated carbocycles. The predicted molar refractivity (Wildman–Crippen MR) is 83.8 cm³/mol. The molecule has 2 rings (SSSR count). The van der Waals surface area contributed by atoms with Crippen molar-refractivity contribution in [2.24, 2.45) is 0 Å². The smallest absolute Gasteiger partial charge is 0.192 e. The lowest BCUT2D eigenvalue weighted by molar-refractivity contribution is 0.227. The Kier molecular flexibility index (Phi) is 4.25. The zero-order valence-corrected chi connectivity index (χ0v) is 14.0. The summed E-state index contributed by atoms with van der Waals surface area (Å²) in [5, 5.41) is 0.224. The van der Waals surface area contributed by atoms with Gasteiger partial charge in [0.05, 0.1) is 6.61 Å². The van der Waals surface area contributed by atoms with E-state index >= 15 is 0 Å². The van der Waals surface area contributed by atoms with Crippen LogP contribution in [0.5, 0.6) is 11.5 Å². The average Bonchev–Trinajstić information content (AvgIpc) is 2.37. The first-order chi connectivity index (χ1) is 9.29. The van der Waals surface area contributed by atoms with Crippen molar-refractivity contribution in [3.8, 4) is 11.5 Å². The fourth-order valence-corrected chi connectivity index (χ4v) is 2.57. The summed E-state index contributed by atoms with van der Waals surface area (Å²) in [6, 6.07) is 7.71. The van der Waals surface area contributed by atoms with Crippen LogP contribution in [-0.4, -0.2) is 21.5 Å². The molecule has 0 fully saturated rings. The molecule has 4 heteroatoms. The minimum Gasteiger partial charge on any atom is -0.482 e. The molecule has 110 valence electrons. The molecule has 1 aromatic carbocycles. The molecule has 0 N–H and O–H groups in total. The summed E-state index contributed by atoms with van der Waals surface area (Å²) >= 11 is 0. The topological polar surface area (TPSA) is 27.7 Å². The van der Waals surface area contributed by atoms with Crippen molar-refractivity contribution in [1.82, 2.24) is 0 Å². The molecule has 3 nitrogen and oxygen atoms in total. The third-order valence-corrected chi connectivity index (χ3v) is 8.52. The monoisotopic (exact) mass is 292 g/mol. The van der Waals surface area contributed by atoms with Gasteiger partial charge >= 0.3 is 0 Å². The van der Waals surface area contributed by atoms with E-state index in [9.17, 15) is 0 Å². The van der Waals surface area contributed by atoms with E-state index in [4.69, 9.17) is 13.9 Å². The van der Waals surface area contributed by atoms with Crippen LogP contribution < -0.4 is 9.47 Å². The third kappa shape index (κ3) is 3.44. The molecule has 1 aromatic rings. The molecule has 0 aliphatic carbocycles. The second-order valence-electron chi connectivity index (χ2n) is 6.58. The fraction of sp³-hybridized carbons (Fsp3) is 0.500. The Labute approximate surface area is 122 Å². The van der Waals surface area contributed by atoms with E-state index in [0.717, 1.165) is 17.3 Å². The molecule has 0 atom stereocenters. The molecule has 0 amide bonds. The minimum atomic E-state index is -1.70. The number of hydrogen-bond donors (Lipinski definition) is 0. The van der Waals surface area contributed by atoms with Crippen LogP contribution in [-0.2, 0) is 4.43 Å². The minimum absolute atomic E-state index is 0.224. The first kappa shape index (κ1) is 15.1. The van der Waals surface area contributed by atoms with Gasteiger partial charge in [-0.05, 0) is 36.3 Å². The molecule has 20 heavy (non-hydrogen) atoms. The SMILES string of the molecule is CC(C)(C)[Si](C)(C)OC/C=C1/COc2ccccc2O1. The van der Waals surface area contributed by atoms with Crippen molar-refractivity contribution in [2.75, 3.05) is 13.2 Å². The van der Waals surface area contributed by atoms with Crippen LogP contribution in [0.1, 0.15) is 20.8 Å². The highest BCUT2D eigenvalue weighted by Crippen LogP contribution is 2.36. The summed E-state index contributed by atoms with van der Waals surface area (Å²) in [5.41, 5.74) is 0. The molecular weight excluding hydrogens is 268 g/mol. The predicted octanol–water partition coefficient (Wildman–Crippen LogP) is 4.36. The summed E-state index contributed by atoms with van der Waals surface area (Å²) in [6.07, 6.45) is 1.98. The van der Waals surface area contributed by atoms with Crippen LogP contribution in [0.2, 0.25) is 18.1 Å². The number of rotatable bonds is 3. The van der Waals surface area contributed by atoms with Gasteiger partial charge in [0, 0.05) is 0 Å². The van der Waals surface area contributed by atoms with Crippen molar-refractivity contribution < 1.29 is 13.9 Å². The Bertz CT molecular complexity index is 501. The zero-order chi connectivity index (χ0) is 14.8. The zero-order valence-electron chi connectivity index (χ0n) is 13.0. The van der Waals surface area contributed by atoms with Crippen molar-refractivity contribution in [2.45, 2.75) is 38.9 Å². The van der Waals surface area contributed by atoms with Crippen LogP contribution in [0.3, 0.4) is 0 Å². The summed E-state index contributed by atoms with van der Waals surface area (Å²) in [6.45, 7) is 12.3. The summed E-state index contributed by atoms with van der Waals surface area (Å²) in [5.74, 6) is 2.40. The Morgan fingerprint density at radius 2 is 1.85 bits per heavy atom. The molecular formula is C16H24O3Si. The van der Waals surface area contributed by atoms with Crippen molar-refractivity contribution in [1.29, 1.82) is 0 Å². The molecule has 0 radical (unpaired) electrons. The Balaban J connectivity index is 1.95. The van der Waals surface area contributed by atoms with Gasteiger partial charge in [0.2, 0.25) is 0 Å². The van der Waals surface area contributed by atoms with E-state index in [1.807, 2.05) is 30.3 Å². The van der Waals surface area contributed by atoms with E-state index in [2.05, 4.69) is 33.9 Å². The lowest BCUT2D eigenvalue weighted by Gasteiger charge is -2.35. The van der Waals surface area contributed by atoms with Gasteiger partial charge in [0.25, 0.3) is 0 Å². The number of hydrogen-bond acceptors (Lipinski definition) is 3. The standard InChI is InChI=1S/C16H24O3Si/c1-16(2,3)20(4,5)18-11-10-13-12-17-14-8-6-7-9-15(14)19-13/h6-10H,11-12H2,1-5H3/b13-10-. The highest BCUT2D eigenvalue weighted by atomic mass is 28.4. The third-order valence-electron chi connectivity index (χ3n) is 4.02. The largest absolute Gasteiger partial charge is 0.482 e. The van der Waals surface area contributed by atoms with Crippen molar-refractivity contribution in [3.05, 3.63) is 36.1 Å². The average molecular weight is 292 g/mol. The van der Waals surface area contributed by atoms with Crippen LogP contribution >= 0.6 is 0 Å². The maximum Gasteiger partial charge on any atom is 0.192 e. The normalized spacial score (nSPS) is 17.4. The lowest BCUT2D eigenvalue weighted by Crippen LogP contribution is -2.40. The van der Waals surface area contributed by atoms with Crippen molar-refractivity contribution >= 4 is 8.32 Å². The van der Waals surface area contributed by atoms with Crippen LogP contribution in [0.4, 0.5) is 0 Å². The van der Waals surface area contributed by atoms with Gasteiger partial charge in [-0.3, -0.25) is 0 Å². The quantitative estimate of drug-likeness (QED) is 0.775. The number of para-hydroxylation sites is 2. The van der Waals surface area contributed by atoms with E-state index in [1.54, 1.807) is 0 Å². The molecule has 1 aliphatic rings. The summed E-state index contributed by atoms with van der Waals surface area (Å²) in [4.78, 5) is 0. The van der Waals surface area contributed by atoms with E-state index < -0.39 is 8.32 Å². The molecule has 1 aliphatic heterocycles. The summed E-state index contributed by atoms with van der Waals surface area (Å²) in [7, 11) is -1.70. The van der Waals surface area contributed by atoms with E-state index in [0.29, 0.717) is 13.2 Å². The summed E-state index contributed by atoms with van der Waals surface area (Å²) < 4.78 is 17.6. The number of fused-ring (bicyclic) bond motifs is 1. The maximum atomic E-state index is 6.11. The van der Waals surface area contributed by atoms with Gasteiger partial charge < -0.3 is 13.9 Å². The van der Waals surface area contributed by atoms with Gasteiger partial charge in [0.1, 0.15) is 12.4 Å². The number of benzene rings is 1. The second-order valence-corrected chi connectivity index (χ2v) is 11.4. The lowest BCUT2D eigenvalue weighted by atomic mass is 10.2. The fourth-order valence-electron chi connectivity index (χ4n) is 1.63.